The molecule has 1 atom stereocenters. The number of likely N-dealkylation sites (tertiary alicyclic amines) is 1. The number of furan rings is 1. The van der Waals surface area contributed by atoms with Crippen molar-refractivity contribution in [1.82, 2.24) is 4.90 Å². The number of hydrogen-bond donors (Lipinski definition) is 0. The summed E-state index contributed by atoms with van der Waals surface area (Å²) in [5, 5.41) is 0.287. The molecule has 2 heterocycles. The number of amides is 1. The normalized spacial score (nSPS) is 24.9. The lowest BCUT2D eigenvalue weighted by Gasteiger charge is -2.28. The molecule has 0 spiro atoms. The minimum atomic E-state index is 0.0105. The van der Waals surface area contributed by atoms with Gasteiger partial charge in [-0.15, -0.1) is 0 Å². The Morgan fingerprint density at radius 2 is 2.00 bits per heavy atom. The van der Waals surface area contributed by atoms with Crippen LogP contribution < -0.4 is 0 Å². The average Bonchev–Trinajstić information content (AvgIpc) is 3.08. The molecular formula is C14H18ClNO2. The van der Waals surface area contributed by atoms with Crippen molar-refractivity contribution in [1.29, 1.82) is 0 Å². The molecule has 3 rings (SSSR count). The maximum Gasteiger partial charge on any atom is 0.289 e. The summed E-state index contributed by atoms with van der Waals surface area (Å²) in [4.78, 5) is 14.4. The Hall–Kier alpha value is -0.960. The van der Waals surface area contributed by atoms with Gasteiger partial charge in [-0.2, -0.15) is 0 Å². The van der Waals surface area contributed by atoms with Gasteiger partial charge in [-0.25, -0.2) is 0 Å². The third-order valence-electron chi connectivity index (χ3n) is 4.29. The molecule has 0 N–H and O–H groups in total. The first-order valence-electron chi connectivity index (χ1n) is 6.82. The molecule has 2 aliphatic rings. The van der Waals surface area contributed by atoms with Crippen LogP contribution in [0.2, 0.25) is 5.22 Å². The van der Waals surface area contributed by atoms with Gasteiger partial charge in [0.25, 0.3) is 5.91 Å². The Labute approximate surface area is 112 Å². The summed E-state index contributed by atoms with van der Waals surface area (Å²) in [6, 6.07) is 3.73. The summed E-state index contributed by atoms with van der Waals surface area (Å²) < 4.78 is 5.24. The van der Waals surface area contributed by atoms with Gasteiger partial charge in [-0.3, -0.25) is 4.79 Å². The lowest BCUT2D eigenvalue weighted by Crippen LogP contribution is -2.39. The van der Waals surface area contributed by atoms with Crippen molar-refractivity contribution in [2.75, 3.05) is 6.54 Å². The number of nitrogens with zero attached hydrogens (tertiary/aromatic N) is 1. The fourth-order valence-electron chi connectivity index (χ4n) is 3.45. The number of carbonyl (C=O) groups excluding carboxylic acids is 1. The van der Waals surface area contributed by atoms with Crippen LogP contribution in [0.1, 0.15) is 49.1 Å². The van der Waals surface area contributed by atoms with Crippen LogP contribution in [-0.4, -0.2) is 23.4 Å². The zero-order chi connectivity index (χ0) is 12.5. The predicted octanol–water partition coefficient (Wildman–Crippen LogP) is 3.73. The van der Waals surface area contributed by atoms with Gasteiger partial charge in [0.2, 0.25) is 0 Å². The standard InChI is InChI=1S/C14H18ClNO2/c15-13-8-7-12(18-13)14(17)16-9-3-6-11(16)10-4-1-2-5-10/h7-8,10-11H,1-6,9H2. The summed E-state index contributed by atoms with van der Waals surface area (Å²) in [6.07, 6.45) is 7.43. The van der Waals surface area contributed by atoms with Crippen LogP contribution in [0, 0.1) is 5.92 Å². The van der Waals surface area contributed by atoms with E-state index >= 15 is 0 Å². The van der Waals surface area contributed by atoms with E-state index in [1.54, 1.807) is 12.1 Å². The van der Waals surface area contributed by atoms with E-state index in [1.807, 2.05) is 4.90 Å². The average molecular weight is 268 g/mol. The third kappa shape index (κ3) is 2.16. The van der Waals surface area contributed by atoms with Gasteiger partial charge in [0.05, 0.1) is 0 Å². The first kappa shape index (κ1) is 12.1. The molecule has 98 valence electrons. The van der Waals surface area contributed by atoms with Crippen LogP contribution in [0.3, 0.4) is 0 Å². The van der Waals surface area contributed by atoms with Gasteiger partial charge in [-0.1, -0.05) is 12.8 Å². The van der Waals surface area contributed by atoms with Gasteiger partial charge in [-0.05, 0) is 55.3 Å². The molecule has 0 aromatic carbocycles. The molecule has 1 aliphatic carbocycles. The highest BCUT2D eigenvalue weighted by molar-refractivity contribution is 6.29. The zero-order valence-corrected chi connectivity index (χ0v) is 11.2. The van der Waals surface area contributed by atoms with E-state index in [2.05, 4.69) is 0 Å². The van der Waals surface area contributed by atoms with Crippen LogP contribution in [0.4, 0.5) is 0 Å². The van der Waals surface area contributed by atoms with E-state index in [9.17, 15) is 4.79 Å². The van der Waals surface area contributed by atoms with E-state index in [0.717, 1.165) is 19.4 Å². The van der Waals surface area contributed by atoms with Crippen molar-refractivity contribution < 1.29 is 9.21 Å². The smallest absolute Gasteiger partial charge is 0.289 e. The lowest BCUT2D eigenvalue weighted by atomic mass is 9.96. The van der Waals surface area contributed by atoms with Crippen LogP contribution in [0.5, 0.6) is 0 Å². The van der Waals surface area contributed by atoms with E-state index in [1.165, 1.54) is 25.7 Å². The molecule has 3 nitrogen and oxygen atoms in total. The molecular weight excluding hydrogens is 250 g/mol. The van der Waals surface area contributed by atoms with Gasteiger partial charge in [0.1, 0.15) is 0 Å². The van der Waals surface area contributed by atoms with Gasteiger partial charge >= 0.3 is 0 Å². The molecule has 4 heteroatoms. The van der Waals surface area contributed by atoms with Gasteiger partial charge < -0.3 is 9.32 Å². The van der Waals surface area contributed by atoms with Crippen molar-refractivity contribution >= 4 is 17.5 Å². The lowest BCUT2D eigenvalue weighted by molar-refractivity contribution is 0.0657. The highest BCUT2D eigenvalue weighted by Gasteiger charge is 2.37. The first-order chi connectivity index (χ1) is 8.75. The maximum absolute atomic E-state index is 12.4. The van der Waals surface area contributed by atoms with E-state index < -0.39 is 0 Å². The van der Waals surface area contributed by atoms with E-state index in [-0.39, 0.29) is 11.1 Å². The Morgan fingerprint density at radius 3 is 2.67 bits per heavy atom. The molecule has 1 aromatic heterocycles. The summed E-state index contributed by atoms with van der Waals surface area (Å²) >= 11 is 5.74. The fourth-order valence-corrected chi connectivity index (χ4v) is 3.59. The van der Waals surface area contributed by atoms with Crippen molar-refractivity contribution in [2.24, 2.45) is 5.92 Å². The summed E-state index contributed by atoms with van der Waals surface area (Å²) in [5.41, 5.74) is 0. The van der Waals surface area contributed by atoms with Crippen LogP contribution in [0.25, 0.3) is 0 Å². The molecule has 1 unspecified atom stereocenters. The molecule has 1 saturated heterocycles. The Kier molecular flexibility index (Phi) is 3.33. The zero-order valence-electron chi connectivity index (χ0n) is 10.4. The predicted molar refractivity (Wildman–Crippen MR) is 69.7 cm³/mol. The van der Waals surface area contributed by atoms with Crippen molar-refractivity contribution in [3.8, 4) is 0 Å². The highest BCUT2D eigenvalue weighted by atomic mass is 35.5. The molecule has 1 amide bonds. The number of halogens is 1. The summed E-state index contributed by atoms with van der Waals surface area (Å²) in [5.74, 6) is 1.09. The largest absolute Gasteiger partial charge is 0.440 e. The quantitative estimate of drug-likeness (QED) is 0.818. The fraction of sp³-hybridized carbons (Fsp3) is 0.643. The van der Waals surface area contributed by atoms with Crippen molar-refractivity contribution in [3.05, 3.63) is 23.1 Å². The van der Waals surface area contributed by atoms with Crippen LogP contribution >= 0.6 is 11.6 Å². The highest BCUT2D eigenvalue weighted by Crippen LogP contribution is 2.36. The monoisotopic (exact) mass is 267 g/mol. The summed E-state index contributed by atoms with van der Waals surface area (Å²) in [7, 11) is 0. The van der Waals surface area contributed by atoms with Gasteiger partial charge in [0, 0.05) is 12.6 Å². The third-order valence-corrected chi connectivity index (χ3v) is 4.49. The van der Waals surface area contributed by atoms with Gasteiger partial charge in [0.15, 0.2) is 11.0 Å². The van der Waals surface area contributed by atoms with Crippen molar-refractivity contribution in [2.45, 2.75) is 44.6 Å². The van der Waals surface area contributed by atoms with Crippen LogP contribution in [0.15, 0.2) is 16.5 Å². The maximum atomic E-state index is 12.4. The second kappa shape index (κ2) is 4.96. The Bertz CT molecular complexity index is 437. The number of hydrogen-bond acceptors (Lipinski definition) is 2. The van der Waals surface area contributed by atoms with E-state index in [4.69, 9.17) is 16.0 Å². The number of rotatable bonds is 2. The second-order valence-electron chi connectivity index (χ2n) is 5.36. The molecule has 2 fully saturated rings. The minimum Gasteiger partial charge on any atom is -0.440 e. The molecule has 18 heavy (non-hydrogen) atoms. The minimum absolute atomic E-state index is 0.0105. The Balaban J connectivity index is 1.75. The molecule has 1 aromatic rings. The number of carbonyl (C=O) groups is 1. The van der Waals surface area contributed by atoms with E-state index in [0.29, 0.717) is 17.7 Å². The molecule has 1 saturated carbocycles. The topological polar surface area (TPSA) is 33.5 Å². The second-order valence-corrected chi connectivity index (χ2v) is 5.73. The summed E-state index contributed by atoms with van der Waals surface area (Å²) in [6.45, 7) is 0.859. The van der Waals surface area contributed by atoms with Crippen molar-refractivity contribution in [3.63, 3.8) is 0 Å². The first-order valence-corrected chi connectivity index (χ1v) is 7.20. The Morgan fingerprint density at radius 1 is 1.22 bits per heavy atom. The SMILES string of the molecule is O=C(c1ccc(Cl)o1)N1CCCC1C1CCCC1. The van der Waals surface area contributed by atoms with Crippen LogP contribution in [-0.2, 0) is 0 Å². The molecule has 0 radical (unpaired) electrons. The molecule has 0 bridgehead atoms. The molecule has 1 aliphatic heterocycles.